The number of carbonyl (C=O) groups is 1. The molecule has 0 atom stereocenters. The number of nitrogens with one attached hydrogen (secondary N) is 1. The molecule has 1 aromatic heterocycles. The Kier molecular flexibility index (Phi) is 4.74. The van der Waals surface area contributed by atoms with Gasteiger partial charge in [-0.25, -0.2) is 8.42 Å². The lowest BCUT2D eigenvalue weighted by atomic mass is 10.1. The van der Waals surface area contributed by atoms with Crippen molar-refractivity contribution in [3.63, 3.8) is 0 Å². The Labute approximate surface area is 151 Å². The third-order valence-corrected chi connectivity index (χ3v) is 5.86. The minimum Gasteiger partial charge on any atom is -0.321 e. The molecule has 25 heavy (non-hydrogen) atoms. The van der Waals surface area contributed by atoms with E-state index in [0.29, 0.717) is 11.3 Å². The van der Waals surface area contributed by atoms with Gasteiger partial charge in [-0.1, -0.05) is 30.3 Å². The molecule has 1 heterocycles. The monoisotopic (exact) mass is 371 g/mol. The van der Waals surface area contributed by atoms with Gasteiger partial charge >= 0.3 is 0 Å². The number of para-hydroxylation sites is 1. The van der Waals surface area contributed by atoms with Gasteiger partial charge in [-0.05, 0) is 42.1 Å². The number of amides is 1. The highest BCUT2D eigenvalue weighted by molar-refractivity contribution is 7.90. The molecule has 3 rings (SSSR count). The zero-order valence-corrected chi connectivity index (χ0v) is 15.4. The zero-order chi connectivity index (χ0) is 18.0. The molecule has 0 radical (unpaired) electrons. The number of carbonyl (C=O) groups excluding carboxylic acids is 1. The minimum atomic E-state index is -3.37. The van der Waals surface area contributed by atoms with Crippen molar-refractivity contribution in [1.29, 1.82) is 0 Å². The highest BCUT2D eigenvalue weighted by Crippen LogP contribution is 2.31. The fraction of sp³-hybridized carbons (Fsp3) is 0.105. The van der Waals surface area contributed by atoms with Crippen LogP contribution < -0.4 is 5.32 Å². The van der Waals surface area contributed by atoms with Crippen LogP contribution in [0, 0.1) is 6.92 Å². The molecule has 0 saturated heterocycles. The number of benzene rings is 2. The number of sulfone groups is 1. The van der Waals surface area contributed by atoms with E-state index in [2.05, 4.69) is 5.32 Å². The van der Waals surface area contributed by atoms with Crippen LogP contribution in [0.25, 0.3) is 10.4 Å². The smallest absolute Gasteiger partial charge is 0.255 e. The van der Waals surface area contributed by atoms with E-state index in [-0.39, 0.29) is 10.8 Å². The van der Waals surface area contributed by atoms with Gasteiger partial charge < -0.3 is 5.32 Å². The van der Waals surface area contributed by atoms with E-state index in [9.17, 15) is 13.2 Å². The van der Waals surface area contributed by atoms with Crippen molar-refractivity contribution in [2.75, 3.05) is 11.6 Å². The summed E-state index contributed by atoms with van der Waals surface area (Å²) in [7, 11) is -3.37. The molecule has 0 bridgehead atoms. The third kappa shape index (κ3) is 3.81. The number of rotatable bonds is 4. The maximum absolute atomic E-state index is 12.7. The maximum Gasteiger partial charge on any atom is 0.255 e. The second-order valence-corrected chi connectivity index (χ2v) is 8.69. The molecule has 4 nitrogen and oxygen atoms in total. The number of hydrogen-bond acceptors (Lipinski definition) is 4. The lowest BCUT2D eigenvalue weighted by Crippen LogP contribution is -2.15. The van der Waals surface area contributed by atoms with Gasteiger partial charge in [0.15, 0.2) is 9.84 Å². The Balaban J connectivity index is 1.97. The lowest BCUT2D eigenvalue weighted by molar-refractivity contribution is 0.102. The standard InChI is InChI=1S/C19H17NO3S2/c1-13-9-10-14(25(2,22)23)12-16(13)19(21)20-17-7-4-3-6-15(17)18-8-5-11-24-18/h3-12H,1-2H3,(H,20,21). The van der Waals surface area contributed by atoms with Gasteiger partial charge in [0.2, 0.25) is 0 Å². The molecule has 3 aromatic rings. The van der Waals surface area contributed by atoms with Crippen molar-refractivity contribution >= 4 is 32.8 Å². The van der Waals surface area contributed by atoms with E-state index in [0.717, 1.165) is 22.3 Å². The topological polar surface area (TPSA) is 63.2 Å². The maximum atomic E-state index is 12.7. The average Bonchev–Trinajstić information content (AvgIpc) is 3.09. The summed E-state index contributed by atoms with van der Waals surface area (Å²) in [6.45, 7) is 1.78. The second-order valence-electron chi connectivity index (χ2n) is 5.73. The first-order chi connectivity index (χ1) is 11.9. The summed E-state index contributed by atoms with van der Waals surface area (Å²) in [6, 6.07) is 16.1. The summed E-state index contributed by atoms with van der Waals surface area (Å²) < 4.78 is 23.5. The molecule has 1 amide bonds. The predicted molar refractivity (Wildman–Crippen MR) is 102 cm³/mol. The van der Waals surface area contributed by atoms with E-state index < -0.39 is 9.84 Å². The molecule has 0 saturated carbocycles. The summed E-state index contributed by atoms with van der Waals surface area (Å²) in [5.41, 5.74) is 2.70. The third-order valence-electron chi connectivity index (χ3n) is 3.84. The van der Waals surface area contributed by atoms with Crippen molar-refractivity contribution in [3.8, 4) is 10.4 Å². The summed E-state index contributed by atoms with van der Waals surface area (Å²) >= 11 is 1.59. The fourth-order valence-electron chi connectivity index (χ4n) is 2.50. The van der Waals surface area contributed by atoms with E-state index in [1.807, 2.05) is 41.8 Å². The largest absolute Gasteiger partial charge is 0.321 e. The molecule has 0 fully saturated rings. The van der Waals surface area contributed by atoms with Gasteiger partial charge in [0.1, 0.15) is 0 Å². The quantitative estimate of drug-likeness (QED) is 0.740. The first kappa shape index (κ1) is 17.4. The Morgan fingerprint density at radius 2 is 1.80 bits per heavy atom. The van der Waals surface area contributed by atoms with Crippen LogP contribution in [-0.4, -0.2) is 20.6 Å². The van der Waals surface area contributed by atoms with Crippen molar-refractivity contribution in [2.24, 2.45) is 0 Å². The van der Waals surface area contributed by atoms with Gasteiger partial charge in [0, 0.05) is 27.9 Å². The van der Waals surface area contributed by atoms with Crippen LogP contribution in [0.4, 0.5) is 5.69 Å². The molecule has 6 heteroatoms. The van der Waals surface area contributed by atoms with Crippen molar-refractivity contribution in [1.82, 2.24) is 0 Å². The van der Waals surface area contributed by atoms with Crippen LogP contribution in [0.3, 0.4) is 0 Å². The van der Waals surface area contributed by atoms with E-state index in [1.54, 1.807) is 24.3 Å². The first-order valence-electron chi connectivity index (χ1n) is 7.61. The van der Waals surface area contributed by atoms with Crippen molar-refractivity contribution < 1.29 is 13.2 Å². The number of anilines is 1. The molecule has 0 aliphatic carbocycles. The van der Waals surface area contributed by atoms with Crippen LogP contribution in [0.2, 0.25) is 0 Å². The van der Waals surface area contributed by atoms with E-state index in [1.165, 1.54) is 12.1 Å². The second kappa shape index (κ2) is 6.82. The van der Waals surface area contributed by atoms with Crippen molar-refractivity contribution in [3.05, 3.63) is 71.1 Å². The molecule has 0 unspecified atom stereocenters. The summed E-state index contributed by atoms with van der Waals surface area (Å²) in [5.74, 6) is -0.327. The number of aryl methyl sites for hydroxylation is 1. The van der Waals surface area contributed by atoms with Crippen LogP contribution in [-0.2, 0) is 9.84 Å². The van der Waals surface area contributed by atoms with Gasteiger partial charge in [0.25, 0.3) is 5.91 Å². The van der Waals surface area contributed by atoms with Crippen LogP contribution in [0.5, 0.6) is 0 Å². The van der Waals surface area contributed by atoms with E-state index >= 15 is 0 Å². The molecular formula is C19H17NO3S2. The molecule has 0 aliphatic rings. The lowest BCUT2D eigenvalue weighted by Gasteiger charge is -2.12. The van der Waals surface area contributed by atoms with Crippen LogP contribution in [0.15, 0.2) is 64.9 Å². The highest BCUT2D eigenvalue weighted by atomic mass is 32.2. The van der Waals surface area contributed by atoms with Gasteiger partial charge in [-0.15, -0.1) is 11.3 Å². The average molecular weight is 371 g/mol. The van der Waals surface area contributed by atoms with Crippen LogP contribution >= 0.6 is 11.3 Å². The fourth-order valence-corrected chi connectivity index (χ4v) is 3.92. The normalized spacial score (nSPS) is 11.3. The highest BCUT2D eigenvalue weighted by Gasteiger charge is 2.16. The summed E-state index contributed by atoms with van der Waals surface area (Å²) in [6.07, 6.45) is 1.13. The summed E-state index contributed by atoms with van der Waals surface area (Å²) in [5, 5.41) is 4.89. The molecule has 2 aromatic carbocycles. The Morgan fingerprint density at radius 3 is 2.48 bits per heavy atom. The Hall–Kier alpha value is -2.44. The molecule has 128 valence electrons. The molecule has 1 N–H and O–H groups in total. The van der Waals surface area contributed by atoms with E-state index in [4.69, 9.17) is 0 Å². The van der Waals surface area contributed by atoms with Crippen molar-refractivity contribution in [2.45, 2.75) is 11.8 Å². The summed E-state index contributed by atoms with van der Waals surface area (Å²) in [4.78, 5) is 13.9. The molecular weight excluding hydrogens is 354 g/mol. The minimum absolute atomic E-state index is 0.134. The zero-order valence-electron chi connectivity index (χ0n) is 13.8. The number of thiophene rings is 1. The SMILES string of the molecule is Cc1ccc(S(C)(=O)=O)cc1C(=O)Nc1ccccc1-c1cccs1. The number of hydrogen-bond donors (Lipinski definition) is 1. The molecule has 0 aliphatic heterocycles. The predicted octanol–water partition coefficient (Wildman–Crippen LogP) is 4.38. The first-order valence-corrected chi connectivity index (χ1v) is 10.4. The Morgan fingerprint density at radius 1 is 1.04 bits per heavy atom. The Bertz CT molecular complexity index is 1020. The van der Waals surface area contributed by atoms with Gasteiger partial charge in [-0.3, -0.25) is 4.79 Å². The van der Waals surface area contributed by atoms with Gasteiger partial charge in [-0.2, -0.15) is 0 Å². The van der Waals surface area contributed by atoms with Gasteiger partial charge in [0.05, 0.1) is 4.90 Å². The van der Waals surface area contributed by atoms with Crippen LogP contribution in [0.1, 0.15) is 15.9 Å². The molecule has 0 spiro atoms.